The Bertz CT molecular complexity index is 662. The molecular weight excluding hydrogens is 272 g/mol. The molecule has 112 valence electrons. The fourth-order valence-electron chi connectivity index (χ4n) is 2.14. The Morgan fingerprint density at radius 3 is 2.33 bits per heavy atom. The summed E-state index contributed by atoms with van der Waals surface area (Å²) in [6.45, 7) is 4.11. The summed E-state index contributed by atoms with van der Waals surface area (Å²) in [5.41, 5.74) is 2.29. The van der Waals surface area contributed by atoms with Crippen LogP contribution < -0.4 is 9.47 Å². The number of rotatable bonds is 5. The van der Waals surface area contributed by atoms with E-state index in [1.165, 1.54) is 6.07 Å². The lowest BCUT2D eigenvalue weighted by atomic mass is 9.97. The molecule has 6 heteroatoms. The summed E-state index contributed by atoms with van der Waals surface area (Å²) in [5, 5.41) is 15.5. The molecule has 0 atom stereocenters. The highest BCUT2D eigenvalue weighted by atomic mass is 16.5. The number of hydrogen-bond donors (Lipinski definition) is 2. The number of carbonyl (C=O) groups is 1. The van der Waals surface area contributed by atoms with Gasteiger partial charge in [-0.25, -0.2) is 4.79 Å². The standard InChI is InChI=1S/C15H18N2O4/c1-8(2)9-5-10(14(21-4)7-13(9)20-3)11-6-12(15(18)19)17-16-11/h5-8H,1-4H3,(H,16,17)(H,18,19). The van der Waals surface area contributed by atoms with Gasteiger partial charge in [0.25, 0.3) is 0 Å². The van der Waals surface area contributed by atoms with E-state index in [2.05, 4.69) is 24.0 Å². The molecule has 21 heavy (non-hydrogen) atoms. The van der Waals surface area contributed by atoms with Gasteiger partial charge in [0.1, 0.15) is 17.2 Å². The van der Waals surface area contributed by atoms with Gasteiger partial charge in [0.05, 0.1) is 19.9 Å². The highest BCUT2D eigenvalue weighted by molar-refractivity contribution is 5.87. The summed E-state index contributed by atoms with van der Waals surface area (Å²) in [6, 6.07) is 5.20. The molecular formula is C15H18N2O4. The number of aromatic nitrogens is 2. The lowest BCUT2D eigenvalue weighted by Gasteiger charge is -2.16. The lowest BCUT2D eigenvalue weighted by molar-refractivity contribution is 0.0690. The van der Waals surface area contributed by atoms with Crippen LogP contribution in [0.15, 0.2) is 18.2 Å². The molecule has 0 aliphatic carbocycles. The predicted octanol–water partition coefficient (Wildman–Crippen LogP) is 2.92. The van der Waals surface area contributed by atoms with Gasteiger partial charge in [-0.3, -0.25) is 5.10 Å². The maximum atomic E-state index is 11.0. The topological polar surface area (TPSA) is 84.4 Å². The van der Waals surface area contributed by atoms with Crippen molar-refractivity contribution in [1.29, 1.82) is 0 Å². The van der Waals surface area contributed by atoms with Crippen LogP contribution in [0.5, 0.6) is 11.5 Å². The number of hydrogen-bond acceptors (Lipinski definition) is 4. The van der Waals surface area contributed by atoms with Crippen LogP contribution in [0.3, 0.4) is 0 Å². The van der Waals surface area contributed by atoms with Crippen LogP contribution in [0.4, 0.5) is 0 Å². The smallest absolute Gasteiger partial charge is 0.353 e. The number of aromatic amines is 1. The Morgan fingerprint density at radius 1 is 1.19 bits per heavy atom. The zero-order chi connectivity index (χ0) is 15.6. The molecule has 6 nitrogen and oxygen atoms in total. The molecule has 0 fully saturated rings. The number of H-pyrrole nitrogens is 1. The van der Waals surface area contributed by atoms with Crippen molar-refractivity contribution in [2.45, 2.75) is 19.8 Å². The average molecular weight is 290 g/mol. The fourth-order valence-corrected chi connectivity index (χ4v) is 2.14. The van der Waals surface area contributed by atoms with E-state index in [9.17, 15) is 4.79 Å². The number of aromatic carboxylic acids is 1. The first kappa shape index (κ1) is 14.9. The molecule has 1 aromatic heterocycles. The summed E-state index contributed by atoms with van der Waals surface area (Å²) in [6.07, 6.45) is 0. The number of nitrogens with one attached hydrogen (secondary N) is 1. The van der Waals surface area contributed by atoms with Crippen molar-refractivity contribution in [3.05, 3.63) is 29.5 Å². The van der Waals surface area contributed by atoms with Crippen LogP contribution in [0.2, 0.25) is 0 Å². The third kappa shape index (κ3) is 2.84. The molecule has 1 aromatic carbocycles. The molecule has 0 radical (unpaired) electrons. The van der Waals surface area contributed by atoms with Gasteiger partial charge in [0.15, 0.2) is 0 Å². The van der Waals surface area contributed by atoms with E-state index >= 15 is 0 Å². The normalized spacial score (nSPS) is 10.7. The third-order valence-electron chi connectivity index (χ3n) is 3.26. The van der Waals surface area contributed by atoms with Crippen LogP contribution >= 0.6 is 0 Å². The van der Waals surface area contributed by atoms with Crippen LogP contribution in [0.1, 0.15) is 35.8 Å². The fraction of sp³-hybridized carbons (Fsp3) is 0.333. The average Bonchev–Trinajstić information content (AvgIpc) is 2.95. The van der Waals surface area contributed by atoms with E-state index in [4.69, 9.17) is 14.6 Å². The van der Waals surface area contributed by atoms with Crippen molar-refractivity contribution in [3.63, 3.8) is 0 Å². The molecule has 0 unspecified atom stereocenters. The number of methoxy groups -OCH3 is 2. The summed E-state index contributed by atoms with van der Waals surface area (Å²) >= 11 is 0. The number of ether oxygens (including phenoxy) is 2. The zero-order valence-electron chi connectivity index (χ0n) is 12.4. The zero-order valence-corrected chi connectivity index (χ0v) is 12.4. The second kappa shape index (κ2) is 5.87. The minimum absolute atomic E-state index is 0.0361. The Morgan fingerprint density at radius 2 is 1.86 bits per heavy atom. The summed E-state index contributed by atoms with van der Waals surface area (Å²) in [4.78, 5) is 11.0. The van der Waals surface area contributed by atoms with E-state index in [1.54, 1.807) is 20.3 Å². The lowest BCUT2D eigenvalue weighted by Crippen LogP contribution is -1.98. The number of carboxylic acid groups (broad SMARTS) is 1. The van der Waals surface area contributed by atoms with Gasteiger partial charge in [-0.1, -0.05) is 13.8 Å². The Labute approximate surface area is 122 Å². The quantitative estimate of drug-likeness (QED) is 0.884. The van der Waals surface area contributed by atoms with Crippen molar-refractivity contribution in [2.24, 2.45) is 0 Å². The van der Waals surface area contributed by atoms with Crippen molar-refractivity contribution in [3.8, 4) is 22.8 Å². The van der Waals surface area contributed by atoms with Crippen LogP contribution in [-0.4, -0.2) is 35.5 Å². The number of benzene rings is 1. The van der Waals surface area contributed by atoms with Crippen molar-refractivity contribution in [2.75, 3.05) is 14.2 Å². The van der Waals surface area contributed by atoms with Crippen LogP contribution in [0, 0.1) is 0 Å². The molecule has 0 saturated carbocycles. The van der Waals surface area contributed by atoms with Gasteiger partial charge < -0.3 is 14.6 Å². The Hall–Kier alpha value is -2.50. The number of nitrogens with zero attached hydrogens (tertiary/aromatic N) is 1. The van der Waals surface area contributed by atoms with Crippen molar-refractivity contribution >= 4 is 5.97 Å². The van der Waals surface area contributed by atoms with Gasteiger partial charge in [-0.2, -0.15) is 5.10 Å². The molecule has 0 spiro atoms. The molecule has 2 N–H and O–H groups in total. The highest BCUT2D eigenvalue weighted by Crippen LogP contribution is 2.38. The van der Waals surface area contributed by atoms with Crippen molar-refractivity contribution in [1.82, 2.24) is 10.2 Å². The molecule has 0 bridgehead atoms. The second-order valence-electron chi connectivity index (χ2n) is 4.92. The van der Waals surface area contributed by atoms with E-state index in [0.717, 1.165) is 16.9 Å². The van der Waals surface area contributed by atoms with Crippen LogP contribution in [-0.2, 0) is 0 Å². The van der Waals surface area contributed by atoms with E-state index in [-0.39, 0.29) is 11.6 Å². The van der Waals surface area contributed by atoms with E-state index < -0.39 is 5.97 Å². The minimum Gasteiger partial charge on any atom is -0.496 e. The number of carboxylic acids is 1. The first-order valence-electron chi connectivity index (χ1n) is 6.53. The van der Waals surface area contributed by atoms with E-state index in [0.29, 0.717) is 11.4 Å². The van der Waals surface area contributed by atoms with Gasteiger partial charge in [-0.15, -0.1) is 0 Å². The summed E-state index contributed by atoms with van der Waals surface area (Å²) < 4.78 is 10.7. The molecule has 0 saturated heterocycles. The molecule has 2 aromatic rings. The monoisotopic (exact) mass is 290 g/mol. The van der Waals surface area contributed by atoms with Crippen LogP contribution in [0.25, 0.3) is 11.3 Å². The van der Waals surface area contributed by atoms with E-state index in [1.807, 2.05) is 6.07 Å². The Kier molecular flexibility index (Phi) is 4.16. The Balaban J connectivity index is 2.60. The first-order chi connectivity index (χ1) is 9.97. The minimum atomic E-state index is -1.05. The maximum Gasteiger partial charge on any atom is 0.353 e. The van der Waals surface area contributed by atoms with Gasteiger partial charge in [-0.05, 0) is 23.6 Å². The third-order valence-corrected chi connectivity index (χ3v) is 3.26. The molecule has 0 amide bonds. The largest absolute Gasteiger partial charge is 0.496 e. The molecule has 0 aliphatic rings. The first-order valence-corrected chi connectivity index (χ1v) is 6.53. The SMILES string of the molecule is COc1cc(OC)c(C(C)C)cc1-c1cc(C(=O)O)[nH]n1. The summed E-state index contributed by atoms with van der Waals surface area (Å²) in [5.74, 6) is 0.520. The second-order valence-corrected chi connectivity index (χ2v) is 4.92. The molecule has 1 heterocycles. The maximum absolute atomic E-state index is 11.0. The summed E-state index contributed by atoms with van der Waals surface area (Å²) in [7, 11) is 3.16. The molecule has 2 rings (SSSR count). The van der Waals surface area contributed by atoms with Crippen molar-refractivity contribution < 1.29 is 19.4 Å². The predicted molar refractivity (Wildman–Crippen MR) is 78.2 cm³/mol. The van der Waals surface area contributed by atoms with Gasteiger partial charge in [0, 0.05) is 11.6 Å². The van der Waals surface area contributed by atoms with Gasteiger partial charge >= 0.3 is 5.97 Å². The van der Waals surface area contributed by atoms with Gasteiger partial charge in [0.2, 0.25) is 0 Å². The highest BCUT2D eigenvalue weighted by Gasteiger charge is 2.18. The molecule has 0 aliphatic heterocycles.